The highest BCUT2D eigenvalue weighted by Crippen LogP contribution is 2.34. The van der Waals surface area contributed by atoms with Crippen molar-refractivity contribution >= 4 is 28.4 Å². The molecule has 6 nitrogen and oxygen atoms in total. The Morgan fingerprint density at radius 2 is 2.16 bits per heavy atom. The molecule has 1 aromatic carbocycles. The van der Waals surface area contributed by atoms with Crippen LogP contribution in [-0.2, 0) is 11.2 Å². The second-order valence-electron chi connectivity index (χ2n) is 7.28. The molecular formula is C18H24N4O2S. The van der Waals surface area contributed by atoms with Crippen LogP contribution in [0.4, 0.5) is 15.6 Å². The van der Waals surface area contributed by atoms with Gasteiger partial charge in [-0.15, -0.1) is 0 Å². The van der Waals surface area contributed by atoms with E-state index in [1.165, 1.54) is 22.7 Å². The van der Waals surface area contributed by atoms with E-state index in [9.17, 15) is 4.79 Å². The molecule has 0 aliphatic heterocycles. The number of hydrogen-bond donors (Lipinski definition) is 2. The third-order valence-electron chi connectivity index (χ3n) is 3.93. The van der Waals surface area contributed by atoms with Gasteiger partial charge in [0.15, 0.2) is 0 Å². The van der Waals surface area contributed by atoms with E-state index < -0.39 is 11.7 Å². The lowest BCUT2D eigenvalue weighted by Gasteiger charge is -2.27. The Morgan fingerprint density at radius 1 is 1.36 bits per heavy atom. The quantitative estimate of drug-likeness (QED) is 0.831. The predicted octanol–water partition coefficient (Wildman–Crippen LogP) is 4.68. The topological polar surface area (TPSA) is 76.1 Å². The summed E-state index contributed by atoms with van der Waals surface area (Å²) < 4.78 is 9.53. The molecule has 0 saturated carbocycles. The number of ether oxygens (including phenoxy) is 1. The number of aromatic nitrogens is 2. The van der Waals surface area contributed by atoms with Crippen LogP contribution in [0.5, 0.6) is 0 Å². The maximum atomic E-state index is 11.9. The molecular weight excluding hydrogens is 336 g/mol. The molecule has 2 N–H and O–H groups in total. The van der Waals surface area contributed by atoms with E-state index in [2.05, 4.69) is 26.1 Å². The number of carbonyl (C=O) groups is 1. The first-order chi connectivity index (χ1) is 11.8. The van der Waals surface area contributed by atoms with Crippen molar-refractivity contribution in [3.05, 3.63) is 35.2 Å². The molecule has 0 radical (unpaired) electrons. The van der Waals surface area contributed by atoms with Gasteiger partial charge in [0.2, 0.25) is 5.13 Å². The predicted molar refractivity (Wildman–Crippen MR) is 100 cm³/mol. The van der Waals surface area contributed by atoms with Crippen LogP contribution < -0.4 is 10.6 Å². The molecule has 134 valence electrons. The van der Waals surface area contributed by atoms with E-state index in [1.54, 1.807) is 0 Å². The molecule has 1 amide bonds. The Bertz CT molecular complexity index is 767. The fourth-order valence-electron chi connectivity index (χ4n) is 2.97. The van der Waals surface area contributed by atoms with E-state index in [0.717, 1.165) is 35.9 Å². The molecule has 3 rings (SSSR count). The number of aryl methyl sites for hydroxylation is 2. The molecule has 7 heteroatoms. The minimum Gasteiger partial charge on any atom is -0.444 e. The molecule has 25 heavy (non-hydrogen) atoms. The normalized spacial score (nSPS) is 16.9. The van der Waals surface area contributed by atoms with Crippen LogP contribution in [0.15, 0.2) is 18.2 Å². The van der Waals surface area contributed by atoms with Crippen molar-refractivity contribution in [2.45, 2.75) is 58.6 Å². The van der Waals surface area contributed by atoms with Gasteiger partial charge in [0.05, 0.1) is 6.04 Å². The first-order valence-electron chi connectivity index (χ1n) is 8.50. The fourth-order valence-corrected chi connectivity index (χ4v) is 3.60. The van der Waals surface area contributed by atoms with Gasteiger partial charge in [-0.3, -0.25) is 5.32 Å². The molecule has 0 spiro atoms. The van der Waals surface area contributed by atoms with Gasteiger partial charge in [0.25, 0.3) is 0 Å². The minimum absolute atomic E-state index is 0.228. The molecule has 0 saturated heterocycles. The fraction of sp³-hybridized carbons (Fsp3) is 0.500. The second-order valence-corrected chi connectivity index (χ2v) is 8.03. The number of benzene rings is 1. The van der Waals surface area contributed by atoms with Gasteiger partial charge in [-0.2, -0.15) is 4.37 Å². The van der Waals surface area contributed by atoms with Crippen molar-refractivity contribution in [1.29, 1.82) is 0 Å². The lowest BCUT2D eigenvalue weighted by molar-refractivity contribution is 0.0636. The summed E-state index contributed by atoms with van der Waals surface area (Å²) in [7, 11) is 0. The van der Waals surface area contributed by atoms with E-state index in [4.69, 9.17) is 4.74 Å². The van der Waals surface area contributed by atoms with Gasteiger partial charge < -0.3 is 10.1 Å². The summed E-state index contributed by atoms with van der Waals surface area (Å²) >= 11 is 1.39. The Labute approximate surface area is 152 Å². The van der Waals surface area contributed by atoms with Gasteiger partial charge in [0.1, 0.15) is 11.4 Å². The first-order valence-corrected chi connectivity index (χ1v) is 9.27. The molecule has 2 aromatic rings. The average Bonchev–Trinajstić information content (AvgIpc) is 2.90. The zero-order valence-electron chi connectivity index (χ0n) is 15.0. The van der Waals surface area contributed by atoms with Crippen molar-refractivity contribution in [3.63, 3.8) is 0 Å². The highest BCUT2D eigenvalue weighted by Gasteiger charge is 2.22. The second kappa shape index (κ2) is 7.00. The molecule has 1 unspecified atom stereocenters. The van der Waals surface area contributed by atoms with Gasteiger partial charge in [-0.05, 0) is 70.2 Å². The molecule has 0 bridgehead atoms. The molecule has 1 aliphatic rings. The molecule has 1 atom stereocenters. The zero-order valence-corrected chi connectivity index (χ0v) is 15.9. The maximum Gasteiger partial charge on any atom is 0.412 e. The molecule has 1 aromatic heterocycles. The van der Waals surface area contributed by atoms with Crippen LogP contribution in [0.3, 0.4) is 0 Å². The number of carbonyl (C=O) groups excluding carboxylic acids is 1. The smallest absolute Gasteiger partial charge is 0.412 e. The number of hydrogen-bond acceptors (Lipinski definition) is 6. The number of rotatable bonds is 3. The Morgan fingerprint density at radius 3 is 2.84 bits per heavy atom. The molecule has 1 aliphatic carbocycles. The number of amides is 1. The van der Waals surface area contributed by atoms with Crippen LogP contribution in [-0.4, -0.2) is 21.1 Å². The SMILES string of the molecule is Cc1nsc(NC2CCCc3cc(NC(=O)OC(C)(C)C)ccc32)n1. The zero-order chi connectivity index (χ0) is 18.0. The standard InChI is InChI=1S/C18H24N4O2S/c1-11-19-16(25-22-11)21-15-7-5-6-12-10-13(8-9-14(12)15)20-17(23)24-18(2,3)4/h8-10,15H,5-7H2,1-4H3,(H,20,23)(H,19,21,22). The van der Waals surface area contributed by atoms with E-state index in [0.29, 0.717) is 0 Å². The summed E-state index contributed by atoms with van der Waals surface area (Å²) in [5.74, 6) is 0.792. The Hall–Kier alpha value is -2.15. The Kier molecular flexibility index (Phi) is 4.94. The summed E-state index contributed by atoms with van der Waals surface area (Å²) in [5.41, 5.74) is 2.76. The average molecular weight is 360 g/mol. The van der Waals surface area contributed by atoms with Crippen molar-refractivity contribution in [1.82, 2.24) is 9.36 Å². The first kappa shape index (κ1) is 17.7. The van der Waals surface area contributed by atoms with Crippen molar-refractivity contribution in [3.8, 4) is 0 Å². The molecule has 0 fully saturated rings. The lowest BCUT2D eigenvalue weighted by Crippen LogP contribution is -2.27. The highest BCUT2D eigenvalue weighted by molar-refractivity contribution is 7.09. The van der Waals surface area contributed by atoms with Crippen molar-refractivity contribution in [2.24, 2.45) is 0 Å². The van der Waals surface area contributed by atoms with E-state index >= 15 is 0 Å². The summed E-state index contributed by atoms with van der Waals surface area (Å²) in [6.45, 7) is 7.45. The third-order valence-corrected chi connectivity index (χ3v) is 4.67. The Balaban J connectivity index is 1.72. The van der Waals surface area contributed by atoms with Crippen LogP contribution in [0, 0.1) is 6.92 Å². The lowest BCUT2D eigenvalue weighted by atomic mass is 9.87. The highest BCUT2D eigenvalue weighted by atomic mass is 32.1. The van der Waals surface area contributed by atoms with Crippen LogP contribution >= 0.6 is 11.5 Å². The van der Waals surface area contributed by atoms with Gasteiger partial charge in [-0.25, -0.2) is 9.78 Å². The summed E-state index contributed by atoms with van der Waals surface area (Å²) in [6.07, 6.45) is 2.73. The number of nitrogens with zero attached hydrogens (tertiary/aromatic N) is 2. The van der Waals surface area contributed by atoms with Crippen molar-refractivity contribution in [2.75, 3.05) is 10.6 Å². The van der Waals surface area contributed by atoms with E-state index in [1.807, 2.05) is 39.8 Å². The van der Waals surface area contributed by atoms with Crippen LogP contribution in [0.1, 0.15) is 56.6 Å². The summed E-state index contributed by atoms with van der Waals surface area (Å²) in [5, 5.41) is 7.15. The van der Waals surface area contributed by atoms with E-state index in [-0.39, 0.29) is 6.04 Å². The minimum atomic E-state index is -0.507. The number of fused-ring (bicyclic) bond motifs is 1. The monoisotopic (exact) mass is 360 g/mol. The number of nitrogens with one attached hydrogen (secondary N) is 2. The van der Waals surface area contributed by atoms with Gasteiger partial charge >= 0.3 is 6.09 Å². The maximum absolute atomic E-state index is 11.9. The van der Waals surface area contributed by atoms with Gasteiger partial charge in [-0.1, -0.05) is 6.07 Å². The summed E-state index contributed by atoms with van der Waals surface area (Å²) in [6, 6.07) is 6.27. The van der Waals surface area contributed by atoms with Crippen molar-refractivity contribution < 1.29 is 9.53 Å². The molecule has 1 heterocycles. The largest absolute Gasteiger partial charge is 0.444 e. The van der Waals surface area contributed by atoms with Gasteiger partial charge in [0, 0.05) is 17.2 Å². The van der Waals surface area contributed by atoms with Crippen LogP contribution in [0.2, 0.25) is 0 Å². The number of anilines is 2. The third kappa shape index (κ3) is 4.69. The summed E-state index contributed by atoms with van der Waals surface area (Å²) in [4.78, 5) is 16.3. The van der Waals surface area contributed by atoms with Crippen LogP contribution in [0.25, 0.3) is 0 Å².